The lowest BCUT2D eigenvalue weighted by Crippen LogP contribution is -2.44. The van der Waals surface area contributed by atoms with Crippen molar-refractivity contribution in [1.29, 1.82) is 0 Å². The molecule has 3 rings (SSSR count). The Labute approximate surface area is 153 Å². The lowest BCUT2D eigenvalue weighted by atomic mass is 9.94. The molecule has 2 aromatic rings. The smallest absolute Gasteiger partial charge is 0.261 e. The maximum Gasteiger partial charge on any atom is 0.261 e. The number of benzene rings is 2. The fourth-order valence-corrected chi connectivity index (χ4v) is 3.48. The van der Waals surface area contributed by atoms with Crippen molar-refractivity contribution in [2.24, 2.45) is 5.73 Å². The molecule has 0 saturated heterocycles. The van der Waals surface area contributed by atoms with Crippen molar-refractivity contribution < 1.29 is 19.2 Å². The van der Waals surface area contributed by atoms with E-state index in [1.165, 1.54) is 0 Å². The Bertz CT molecular complexity index is 862. The number of nitrogens with two attached hydrogens (primary N) is 1. The Morgan fingerprint density at radius 2 is 1.62 bits per heavy atom. The normalized spacial score (nSPS) is 13.2. The summed E-state index contributed by atoms with van der Waals surface area (Å²) < 4.78 is 0. The molecule has 4 amide bonds. The van der Waals surface area contributed by atoms with Crippen LogP contribution in [0.15, 0.2) is 36.4 Å². The van der Waals surface area contributed by atoms with Crippen LogP contribution in [0, 0.1) is 0 Å². The van der Waals surface area contributed by atoms with Gasteiger partial charge in [-0.1, -0.05) is 24.3 Å². The van der Waals surface area contributed by atoms with E-state index in [-0.39, 0.29) is 42.3 Å². The molecule has 0 aliphatic carbocycles. The minimum Gasteiger partial charge on any atom is -0.369 e. The number of amides is 4. The van der Waals surface area contributed by atoms with Gasteiger partial charge >= 0.3 is 0 Å². The summed E-state index contributed by atoms with van der Waals surface area (Å²) in [7, 11) is 0. The monoisotopic (exact) mass is 371 g/mol. The van der Waals surface area contributed by atoms with Gasteiger partial charge in [-0.05, 0) is 17.5 Å². The predicted molar refractivity (Wildman–Crippen MR) is 98.8 cm³/mol. The number of hydrogen-bond acceptors (Lipinski definition) is 5. The van der Waals surface area contributed by atoms with Gasteiger partial charge in [0.15, 0.2) is 0 Å². The number of carbonyl (C=O) groups excluding carboxylic acids is 4. The van der Waals surface area contributed by atoms with Crippen molar-refractivity contribution in [3.8, 4) is 0 Å². The number of rotatable bonds is 7. The average molecular weight is 371 g/mol. The number of imide groups is 1. The summed E-state index contributed by atoms with van der Waals surface area (Å²) in [5, 5.41) is 4.16. The summed E-state index contributed by atoms with van der Waals surface area (Å²) in [4.78, 5) is 48.8. The van der Waals surface area contributed by atoms with Crippen LogP contribution >= 0.6 is 11.8 Å². The van der Waals surface area contributed by atoms with E-state index in [0.29, 0.717) is 16.5 Å². The number of thioether (sulfide) groups is 1. The van der Waals surface area contributed by atoms with Crippen LogP contribution in [0.3, 0.4) is 0 Å². The summed E-state index contributed by atoms with van der Waals surface area (Å²) in [6.45, 7) is 0.222. The second-order valence-electron chi connectivity index (χ2n) is 5.78. The van der Waals surface area contributed by atoms with Gasteiger partial charge in [0.25, 0.3) is 11.8 Å². The van der Waals surface area contributed by atoms with E-state index in [1.54, 1.807) is 24.3 Å². The van der Waals surface area contributed by atoms with E-state index < -0.39 is 5.91 Å². The number of hydrogen-bond donors (Lipinski definition) is 2. The van der Waals surface area contributed by atoms with E-state index >= 15 is 0 Å². The highest BCUT2D eigenvalue weighted by atomic mass is 32.2. The largest absolute Gasteiger partial charge is 0.369 e. The molecule has 0 bridgehead atoms. The average Bonchev–Trinajstić information content (AvgIpc) is 2.62. The Balaban J connectivity index is 1.65. The molecule has 0 spiro atoms. The van der Waals surface area contributed by atoms with E-state index in [9.17, 15) is 19.2 Å². The molecule has 2 aromatic carbocycles. The summed E-state index contributed by atoms with van der Waals surface area (Å²) in [6, 6.07) is 10.7. The maximum absolute atomic E-state index is 12.7. The summed E-state index contributed by atoms with van der Waals surface area (Å²) in [5.74, 6) is -1.34. The summed E-state index contributed by atoms with van der Waals surface area (Å²) in [6.07, 6.45) is 0. The quantitative estimate of drug-likeness (QED) is 0.699. The lowest BCUT2D eigenvalue weighted by Gasteiger charge is -2.27. The fraction of sp³-hybridized carbons (Fsp3) is 0.222. The number of nitrogens with one attached hydrogen (secondary N) is 1. The highest BCUT2D eigenvalue weighted by Crippen LogP contribution is 2.29. The maximum atomic E-state index is 12.7. The Kier molecular flexibility index (Phi) is 5.22. The van der Waals surface area contributed by atoms with Crippen molar-refractivity contribution in [2.45, 2.75) is 0 Å². The predicted octanol–water partition coefficient (Wildman–Crippen LogP) is 0.771. The van der Waals surface area contributed by atoms with Gasteiger partial charge in [-0.25, -0.2) is 0 Å². The first-order valence-corrected chi connectivity index (χ1v) is 9.15. The van der Waals surface area contributed by atoms with Crippen LogP contribution in [-0.2, 0) is 9.59 Å². The molecule has 0 unspecified atom stereocenters. The number of nitrogens with zero attached hydrogens (tertiary/aromatic N) is 1. The molecule has 0 fully saturated rings. The number of primary amides is 1. The van der Waals surface area contributed by atoms with E-state index in [2.05, 4.69) is 5.32 Å². The van der Waals surface area contributed by atoms with Crippen molar-refractivity contribution in [3.05, 3.63) is 47.5 Å². The molecule has 1 aliphatic heterocycles. The van der Waals surface area contributed by atoms with Crippen LogP contribution in [0.5, 0.6) is 0 Å². The van der Waals surface area contributed by atoms with Crippen LogP contribution in [0.4, 0.5) is 0 Å². The molecular formula is C18H17N3O4S. The van der Waals surface area contributed by atoms with E-state index in [4.69, 9.17) is 5.73 Å². The van der Waals surface area contributed by atoms with Crippen molar-refractivity contribution >= 4 is 46.2 Å². The van der Waals surface area contributed by atoms with Gasteiger partial charge < -0.3 is 11.1 Å². The molecule has 134 valence electrons. The molecule has 0 atom stereocenters. The summed E-state index contributed by atoms with van der Waals surface area (Å²) >= 11 is 1.11. The molecule has 0 saturated carbocycles. The van der Waals surface area contributed by atoms with Gasteiger partial charge in [0, 0.05) is 29.6 Å². The first-order valence-electron chi connectivity index (χ1n) is 7.99. The topological polar surface area (TPSA) is 110 Å². The van der Waals surface area contributed by atoms with E-state index in [1.807, 2.05) is 12.1 Å². The Hall–Kier alpha value is -2.87. The molecule has 0 radical (unpaired) electrons. The zero-order valence-electron chi connectivity index (χ0n) is 13.9. The third kappa shape index (κ3) is 3.55. The summed E-state index contributed by atoms with van der Waals surface area (Å²) in [5.41, 5.74) is 5.98. The zero-order valence-corrected chi connectivity index (χ0v) is 14.7. The molecule has 7 nitrogen and oxygen atoms in total. The third-order valence-corrected chi connectivity index (χ3v) is 4.95. The van der Waals surface area contributed by atoms with Gasteiger partial charge in [-0.2, -0.15) is 0 Å². The second kappa shape index (κ2) is 7.57. The minimum absolute atomic E-state index is 0.0668. The van der Waals surface area contributed by atoms with Crippen molar-refractivity contribution in [3.63, 3.8) is 0 Å². The first kappa shape index (κ1) is 17.9. The second-order valence-corrected chi connectivity index (χ2v) is 6.77. The zero-order chi connectivity index (χ0) is 18.7. The SMILES string of the molecule is NC(=O)CSCC(=O)NCCN1C(=O)c2cccc3cccc(c23)C1=O. The van der Waals surface area contributed by atoms with Crippen LogP contribution in [-0.4, -0.2) is 53.1 Å². The Morgan fingerprint density at radius 1 is 1.00 bits per heavy atom. The molecule has 1 heterocycles. The highest BCUT2D eigenvalue weighted by molar-refractivity contribution is 8.00. The molecule has 8 heteroatoms. The first-order chi connectivity index (χ1) is 12.5. The highest BCUT2D eigenvalue weighted by Gasteiger charge is 2.32. The van der Waals surface area contributed by atoms with Crippen LogP contribution in [0.25, 0.3) is 10.8 Å². The third-order valence-electron chi connectivity index (χ3n) is 3.99. The Morgan fingerprint density at radius 3 is 2.19 bits per heavy atom. The standard InChI is InChI=1S/C18H17N3O4S/c19-14(22)9-26-10-15(23)20-7-8-21-17(24)12-5-1-3-11-4-2-6-13(16(11)12)18(21)25/h1-6H,7-10H2,(H2,19,22)(H,20,23). The molecule has 1 aliphatic rings. The van der Waals surface area contributed by atoms with Crippen LogP contribution in [0.1, 0.15) is 20.7 Å². The molecular weight excluding hydrogens is 354 g/mol. The van der Waals surface area contributed by atoms with Gasteiger partial charge in [0.2, 0.25) is 11.8 Å². The van der Waals surface area contributed by atoms with Crippen LogP contribution in [0.2, 0.25) is 0 Å². The molecule has 26 heavy (non-hydrogen) atoms. The van der Waals surface area contributed by atoms with Crippen LogP contribution < -0.4 is 11.1 Å². The van der Waals surface area contributed by atoms with Gasteiger partial charge in [0.1, 0.15) is 0 Å². The van der Waals surface area contributed by atoms with Gasteiger partial charge in [-0.15, -0.1) is 11.8 Å². The van der Waals surface area contributed by atoms with Gasteiger partial charge in [0.05, 0.1) is 11.5 Å². The fourth-order valence-electron chi connectivity index (χ4n) is 2.89. The van der Waals surface area contributed by atoms with E-state index in [0.717, 1.165) is 22.0 Å². The molecule has 3 N–H and O–H groups in total. The number of carbonyl (C=O) groups is 4. The minimum atomic E-state index is -0.486. The van der Waals surface area contributed by atoms with Crippen molar-refractivity contribution in [1.82, 2.24) is 10.2 Å². The lowest BCUT2D eigenvalue weighted by molar-refractivity contribution is -0.118. The molecule has 0 aromatic heterocycles. The van der Waals surface area contributed by atoms with Gasteiger partial charge in [-0.3, -0.25) is 24.1 Å². The van der Waals surface area contributed by atoms with Crippen molar-refractivity contribution in [2.75, 3.05) is 24.6 Å².